The number of nitrogens with one attached hydrogen (secondary N) is 2. The molecule has 2 N–H and O–H groups in total. The van der Waals surface area contributed by atoms with Gasteiger partial charge in [-0.05, 0) is 39.0 Å². The first kappa shape index (κ1) is 14.3. The summed E-state index contributed by atoms with van der Waals surface area (Å²) in [4.78, 5) is 19.4. The highest BCUT2D eigenvalue weighted by molar-refractivity contribution is 9.10. The molecule has 2 aromatic heterocycles. The lowest BCUT2D eigenvalue weighted by atomic mass is 10.1. The van der Waals surface area contributed by atoms with Crippen LogP contribution in [0.3, 0.4) is 0 Å². The van der Waals surface area contributed by atoms with Crippen molar-refractivity contribution in [2.75, 3.05) is 0 Å². The van der Waals surface area contributed by atoms with Crippen molar-refractivity contribution in [3.63, 3.8) is 0 Å². The van der Waals surface area contributed by atoms with E-state index < -0.39 is 0 Å². The molecule has 0 fully saturated rings. The Morgan fingerprint density at radius 3 is 2.86 bits per heavy atom. The lowest BCUT2D eigenvalue weighted by Crippen LogP contribution is -2.36. The van der Waals surface area contributed by atoms with E-state index in [0.29, 0.717) is 23.5 Å². The van der Waals surface area contributed by atoms with Gasteiger partial charge in [0.1, 0.15) is 16.9 Å². The van der Waals surface area contributed by atoms with Gasteiger partial charge in [0.2, 0.25) is 5.58 Å². The molecule has 0 spiro atoms. The van der Waals surface area contributed by atoms with Crippen LogP contribution in [0, 0.1) is 0 Å². The van der Waals surface area contributed by atoms with Crippen LogP contribution in [0.5, 0.6) is 0 Å². The van der Waals surface area contributed by atoms with Crippen LogP contribution in [0.2, 0.25) is 0 Å². The van der Waals surface area contributed by atoms with Gasteiger partial charge < -0.3 is 14.7 Å². The first-order valence-corrected chi connectivity index (χ1v) is 7.49. The molecule has 0 aliphatic carbocycles. The van der Waals surface area contributed by atoms with Gasteiger partial charge in [0, 0.05) is 15.4 Å². The molecule has 0 bridgehead atoms. The van der Waals surface area contributed by atoms with Crippen LogP contribution in [-0.2, 0) is 6.54 Å². The van der Waals surface area contributed by atoms with Crippen molar-refractivity contribution in [3.8, 4) is 0 Å². The summed E-state index contributed by atoms with van der Waals surface area (Å²) < 4.78 is 6.52. The molecule has 0 radical (unpaired) electrons. The van der Waals surface area contributed by atoms with Gasteiger partial charge in [-0.3, -0.25) is 4.79 Å². The van der Waals surface area contributed by atoms with Crippen molar-refractivity contribution in [1.82, 2.24) is 15.3 Å². The number of hydrogen-bond acceptors (Lipinski definition) is 4. The van der Waals surface area contributed by atoms with Gasteiger partial charge in [-0.25, -0.2) is 4.98 Å². The number of aromatic nitrogens is 2. The molecule has 1 aromatic carbocycles. The molecule has 6 heteroatoms. The van der Waals surface area contributed by atoms with Crippen LogP contribution in [0.15, 0.2) is 31.9 Å². The summed E-state index contributed by atoms with van der Waals surface area (Å²) in [5.74, 6) is 0.602. The molecule has 0 aliphatic heterocycles. The number of H-pyrrole nitrogens is 1. The quantitative estimate of drug-likeness (QED) is 0.744. The minimum atomic E-state index is -0.252. The van der Waals surface area contributed by atoms with Crippen molar-refractivity contribution in [2.24, 2.45) is 0 Å². The lowest BCUT2D eigenvalue weighted by molar-refractivity contribution is 0.417. The standard InChI is InChI=1S/C15H16BrN3O2/c1-15(2,3)17-7-11-18-12-9-6-8(16)4-5-10(9)21-13(12)14(20)19-11/h4-6,17H,7H2,1-3H3,(H,18,19,20). The monoisotopic (exact) mass is 349 g/mol. The van der Waals surface area contributed by atoms with Crippen LogP contribution >= 0.6 is 15.9 Å². The number of nitrogens with zero attached hydrogens (tertiary/aromatic N) is 1. The normalized spacial score (nSPS) is 12.4. The summed E-state index contributed by atoms with van der Waals surface area (Å²) in [5.41, 5.74) is 1.23. The Morgan fingerprint density at radius 1 is 1.38 bits per heavy atom. The summed E-state index contributed by atoms with van der Waals surface area (Å²) in [6.45, 7) is 6.69. The molecule has 3 aromatic rings. The van der Waals surface area contributed by atoms with Gasteiger partial charge in [-0.1, -0.05) is 15.9 Å². The Balaban J connectivity index is 2.15. The van der Waals surface area contributed by atoms with Crippen molar-refractivity contribution in [1.29, 1.82) is 0 Å². The number of benzene rings is 1. The lowest BCUT2D eigenvalue weighted by Gasteiger charge is -2.19. The van der Waals surface area contributed by atoms with Gasteiger partial charge in [0.15, 0.2) is 0 Å². The third kappa shape index (κ3) is 2.87. The molecule has 3 rings (SSSR count). The predicted octanol–water partition coefficient (Wildman–Crippen LogP) is 3.32. The van der Waals surface area contributed by atoms with Crippen LogP contribution in [0.1, 0.15) is 26.6 Å². The summed E-state index contributed by atoms with van der Waals surface area (Å²) >= 11 is 3.43. The van der Waals surface area contributed by atoms with E-state index >= 15 is 0 Å². The Labute approximate surface area is 129 Å². The van der Waals surface area contributed by atoms with E-state index in [1.54, 1.807) is 0 Å². The molecule has 0 saturated carbocycles. The largest absolute Gasteiger partial charge is 0.449 e. The molecule has 21 heavy (non-hydrogen) atoms. The minimum absolute atomic E-state index is 0.0466. The van der Waals surface area contributed by atoms with E-state index in [1.165, 1.54) is 0 Å². The van der Waals surface area contributed by atoms with Crippen molar-refractivity contribution >= 4 is 38.0 Å². The third-order valence-corrected chi connectivity index (χ3v) is 3.61. The van der Waals surface area contributed by atoms with Crippen molar-refractivity contribution in [3.05, 3.63) is 38.9 Å². The van der Waals surface area contributed by atoms with E-state index in [-0.39, 0.29) is 16.7 Å². The highest BCUT2D eigenvalue weighted by Gasteiger charge is 2.15. The van der Waals surface area contributed by atoms with E-state index in [1.807, 2.05) is 18.2 Å². The molecule has 0 aliphatic rings. The van der Waals surface area contributed by atoms with Gasteiger partial charge in [0.05, 0.1) is 6.54 Å². The molecule has 0 saturated heterocycles. The highest BCUT2D eigenvalue weighted by atomic mass is 79.9. The van der Waals surface area contributed by atoms with Crippen LogP contribution in [0.4, 0.5) is 0 Å². The smallest absolute Gasteiger partial charge is 0.294 e. The Kier molecular flexibility index (Phi) is 3.37. The average molecular weight is 350 g/mol. The van der Waals surface area contributed by atoms with E-state index in [4.69, 9.17) is 4.42 Å². The first-order valence-electron chi connectivity index (χ1n) is 6.69. The predicted molar refractivity (Wildman–Crippen MR) is 86.4 cm³/mol. The molecular formula is C15H16BrN3O2. The zero-order valence-corrected chi connectivity index (χ0v) is 13.7. The summed E-state index contributed by atoms with van der Waals surface area (Å²) in [6.07, 6.45) is 0. The molecule has 0 atom stereocenters. The molecule has 0 unspecified atom stereocenters. The molecule has 110 valence electrons. The fraction of sp³-hybridized carbons (Fsp3) is 0.333. The van der Waals surface area contributed by atoms with E-state index in [0.717, 1.165) is 9.86 Å². The minimum Gasteiger partial charge on any atom is -0.449 e. The maximum Gasteiger partial charge on any atom is 0.294 e. The van der Waals surface area contributed by atoms with Gasteiger partial charge in [-0.15, -0.1) is 0 Å². The Bertz CT molecular complexity index is 874. The molecule has 5 nitrogen and oxygen atoms in total. The topological polar surface area (TPSA) is 70.9 Å². The second-order valence-corrected chi connectivity index (χ2v) is 6.95. The second kappa shape index (κ2) is 4.96. The van der Waals surface area contributed by atoms with Gasteiger partial charge >= 0.3 is 0 Å². The zero-order chi connectivity index (χ0) is 15.2. The third-order valence-electron chi connectivity index (χ3n) is 3.12. The second-order valence-electron chi connectivity index (χ2n) is 6.04. The number of rotatable bonds is 2. The number of aromatic amines is 1. The summed E-state index contributed by atoms with van der Waals surface area (Å²) in [7, 11) is 0. The van der Waals surface area contributed by atoms with E-state index in [2.05, 4.69) is 52.0 Å². The Morgan fingerprint density at radius 2 is 2.14 bits per heavy atom. The average Bonchev–Trinajstić information content (AvgIpc) is 2.75. The summed E-state index contributed by atoms with van der Waals surface area (Å²) in [6, 6.07) is 5.61. The highest BCUT2D eigenvalue weighted by Crippen LogP contribution is 2.27. The van der Waals surface area contributed by atoms with Crippen molar-refractivity contribution < 1.29 is 4.42 Å². The molecule has 2 heterocycles. The fourth-order valence-electron chi connectivity index (χ4n) is 2.11. The summed E-state index contributed by atoms with van der Waals surface area (Å²) in [5, 5.41) is 4.14. The maximum atomic E-state index is 12.1. The van der Waals surface area contributed by atoms with Crippen molar-refractivity contribution in [2.45, 2.75) is 32.9 Å². The van der Waals surface area contributed by atoms with Crippen LogP contribution < -0.4 is 10.9 Å². The fourth-order valence-corrected chi connectivity index (χ4v) is 2.47. The number of halogens is 1. The zero-order valence-electron chi connectivity index (χ0n) is 12.1. The number of hydrogen-bond donors (Lipinski definition) is 2. The SMILES string of the molecule is CC(C)(C)NCc1nc2c(oc3ccc(Br)cc32)c(=O)[nH]1. The van der Waals surface area contributed by atoms with Gasteiger partial charge in [-0.2, -0.15) is 0 Å². The van der Waals surface area contributed by atoms with Crippen LogP contribution in [0.25, 0.3) is 22.1 Å². The molecular weight excluding hydrogens is 334 g/mol. The van der Waals surface area contributed by atoms with Gasteiger partial charge in [0.25, 0.3) is 5.56 Å². The van der Waals surface area contributed by atoms with E-state index in [9.17, 15) is 4.79 Å². The molecule has 0 amide bonds. The maximum absolute atomic E-state index is 12.1. The number of furan rings is 1. The van der Waals surface area contributed by atoms with Crippen LogP contribution in [-0.4, -0.2) is 15.5 Å². The first-order chi connectivity index (χ1) is 9.83. The Hall–Kier alpha value is -1.66. The number of fused-ring (bicyclic) bond motifs is 3.